The Morgan fingerprint density at radius 1 is 1.38 bits per heavy atom. The van der Waals surface area contributed by atoms with Crippen molar-refractivity contribution in [1.82, 2.24) is 9.88 Å². The van der Waals surface area contributed by atoms with E-state index >= 15 is 0 Å². The lowest BCUT2D eigenvalue weighted by Gasteiger charge is -2.39. The molecular formula is C18H23F3N2O6. The molecule has 0 unspecified atom stereocenters. The average molecular weight is 420 g/mol. The van der Waals surface area contributed by atoms with Crippen LogP contribution in [0.1, 0.15) is 30.1 Å². The van der Waals surface area contributed by atoms with Crippen LogP contribution in [0, 0.1) is 0 Å². The Hall–Kier alpha value is -2.40. The van der Waals surface area contributed by atoms with Gasteiger partial charge >= 0.3 is 12.1 Å². The molecule has 1 saturated carbocycles. The number of hydrogen-bond acceptors (Lipinski definition) is 6. The maximum absolute atomic E-state index is 12.9. The third-order valence-corrected chi connectivity index (χ3v) is 4.61. The maximum atomic E-state index is 12.9. The van der Waals surface area contributed by atoms with Crippen LogP contribution in [-0.2, 0) is 14.3 Å². The molecule has 2 fully saturated rings. The number of rotatable bonds is 4. The number of pyridine rings is 1. The third-order valence-electron chi connectivity index (χ3n) is 4.61. The predicted molar refractivity (Wildman–Crippen MR) is 93.7 cm³/mol. The number of carboxylic acid groups (broad SMARTS) is 1. The number of methoxy groups -OCH3 is 1. The summed E-state index contributed by atoms with van der Waals surface area (Å²) < 4.78 is 48.6. The molecule has 3 atom stereocenters. The zero-order chi connectivity index (χ0) is 21.6. The van der Waals surface area contributed by atoms with Gasteiger partial charge in [-0.05, 0) is 31.9 Å². The number of ether oxygens (including phenoxy) is 3. The third kappa shape index (κ3) is 5.57. The van der Waals surface area contributed by atoms with Crippen molar-refractivity contribution >= 4 is 11.9 Å². The number of hydrogen-bond donors (Lipinski definition) is 1. The molecule has 1 aromatic rings. The van der Waals surface area contributed by atoms with Crippen LogP contribution in [0.4, 0.5) is 13.2 Å². The van der Waals surface area contributed by atoms with Crippen LogP contribution >= 0.6 is 0 Å². The second-order valence-corrected chi connectivity index (χ2v) is 6.34. The molecule has 2 aliphatic rings. The lowest BCUT2D eigenvalue weighted by molar-refractivity contribution is -0.192. The minimum atomic E-state index is -5.08. The van der Waals surface area contributed by atoms with Crippen LogP contribution in [0.15, 0.2) is 18.3 Å². The van der Waals surface area contributed by atoms with Gasteiger partial charge in [-0.15, -0.1) is 0 Å². The van der Waals surface area contributed by atoms with Gasteiger partial charge in [-0.3, -0.25) is 4.79 Å². The Kier molecular flexibility index (Phi) is 7.80. The van der Waals surface area contributed by atoms with Crippen molar-refractivity contribution < 1.29 is 42.1 Å². The molecule has 11 heteroatoms. The molecule has 0 radical (unpaired) electrons. The van der Waals surface area contributed by atoms with Crippen LogP contribution in [-0.4, -0.2) is 78.2 Å². The summed E-state index contributed by atoms with van der Waals surface area (Å²) >= 11 is 0. The Morgan fingerprint density at radius 3 is 2.66 bits per heavy atom. The number of carbonyl (C=O) groups excluding carboxylic acids is 1. The van der Waals surface area contributed by atoms with Crippen molar-refractivity contribution in [2.45, 2.75) is 44.2 Å². The van der Waals surface area contributed by atoms with E-state index in [0.29, 0.717) is 31.2 Å². The van der Waals surface area contributed by atoms with Crippen molar-refractivity contribution in [2.75, 3.05) is 26.9 Å². The number of alkyl halides is 3. The molecule has 0 spiro atoms. The van der Waals surface area contributed by atoms with Gasteiger partial charge in [0.05, 0.1) is 25.9 Å². The molecule has 1 aromatic heterocycles. The zero-order valence-electron chi connectivity index (χ0n) is 16.0. The summed E-state index contributed by atoms with van der Waals surface area (Å²) in [6.07, 6.45) is -1.57. The first-order valence-corrected chi connectivity index (χ1v) is 9.04. The minimum Gasteiger partial charge on any atom is -0.480 e. The largest absolute Gasteiger partial charge is 0.490 e. The molecule has 29 heavy (non-hydrogen) atoms. The summed E-state index contributed by atoms with van der Waals surface area (Å²) in [5.74, 6) is -2.43. The average Bonchev–Trinajstić information content (AvgIpc) is 3.10. The van der Waals surface area contributed by atoms with E-state index in [1.807, 2.05) is 11.8 Å². The van der Waals surface area contributed by atoms with E-state index in [-0.39, 0.29) is 24.2 Å². The van der Waals surface area contributed by atoms with E-state index in [1.165, 1.54) is 7.11 Å². The fraction of sp³-hybridized carbons (Fsp3) is 0.611. The number of carboxylic acids is 1. The smallest absolute Gasteiger partial charge is 0.480 e. The second-order valence-electron chi connectivity index (χ2n) is 6.34. The molecule has 1 aliphatic heterocycles. The highest BCUT2D eigenvalue weighted by Crippen LogP contribution is 2.33. The highest BCUT2D eigenvalue weighted by Gasteiger charge is 2.45. The topological polar surface area (TPSA) is 98.2 Å². The van der Waals surface area contributed by atoms with Gasteiger partial charge in [0.25, 0.3) is 5.91 Å². The molecule has 1 aliphatic carbocycles. The number of fused-ring (bicyclic) bond motifs is 1. The lowest BCUT2D eigenvalue weighted by Crippen LogP contribution is -2.54. The molecule has 162 valence electrons. The zero-order valence-corrected chi connectivity index (χ0v) is 16.0. The molecule has 1 N–H and O–H groups in total. The Balaban J connectivity index is 0.000000370. The van der Waals surface area contributed by atoms with Gasteiger partial charge in [0.1, 0.15) is 11.7 Å². The van der Waals surface area contributed by atoms with Crippen molar-refractivity contribution in [3.05, 3.63) is 23.9 Å². The number of morpholine rings is 1. The Morgan fingerprint density at radius 2 is 2.07 bits per heavy atom. The summed E-state index contributed by atoms with van der Waals surface area (Å²) in [5.41, 5.74) is 0.505. The number of nitrogens with zero attached hydrogens (tertiary/aromatic N) is 2. The Bertz CT molecular complexity index is 715. The molecule has 1 amide bonds. The molecule has 0 aromatic carbocycles. The molecule has 8 nitrogen and oxygen atoms in total. The van der Waals surface area contributed by atoms with Gasteiger partial charge in [0.2, 0.25) is 5.88 Å². The monoisotopic (exact) mass is 420 g/mol. The maximum Gasteiger partial charge on any atom is 0.490 e. The normalized spacial score (nSPS) is 23.6. The fourth-order valence-corrected chi connectivity index (χ4v) is 3.43. The van der Waals surface area contributed by atoms with Gasteiger partial charge in [0, 0.05) is 19.3 Å². The first-order valence-electron chi connectivity index (χ1n) is 9.04. The van der Waals surface area contributed by atoms with E-state index in [0.717, 1.165) is 12.8 Å². The number of aromatic nitrogens is 1. The second kappa shape index (κ2) is 9.88. The van der Waals surface area contributed by atoms with Gasteiger partial charge in [-0.25, -0.2) is 9.78 Å². The summed E-state index contributed by atoms with van der Waals surface area (Å²) in [6.45, 7) is 3.79. The van der Waals surface area contributed by atoms with E-state index in [2.05, 4.69) is 4.98 Å². The SMILES string of the molecule is CCO[C@@H]1CC[C@H]2[C@H]1OCCN2C(=O)c1cccnc1OC.O=C(O)C(F)(F)F. The fourth-order valence-electron chi connectivity index (χ4n) is 3.43. The van der Waals surface area contributed by atoms with E-state index in [9.17, 15) is 18.0 Å². The van der Waals surface area contributed by atoms with Crippen molar-refractivity contribution in [2.24, 2.45) is 0 Å². The summed E-state index contributed by atoms with van der Waals surface area (Å²) in [7, 11) is 1.53. The van der Waals surface area contributed by atoms with Crippen LogP contribution in [0.2, 0.25) is 0 Å². The lowest BCUT2D eigenvalue weighted by atomic mass is 10.1. The highest BCUT2D eigenvalue weighted by molar-refractivity contribution is 5.96. The molecule has 1 saturated heterocycles. The first-order chi connectivity index (χ1) is 13.7. The highest BCUT2D eigenvalue weighted by atomic mass is 19.4. The van der Waals surface area contributed by atoms with E-state index in [4.69, 9.17) is 24.1 Å². The van der Waals surface area contributed by atoms with Crippen molar-refractivity contribution in [3.8, 4) is 5.88 Å². The van der Waals surface area contributed by atoms with E-state index < -0.39 is 12.1 Å². The summed E-state index contributed by atoms with van der Waals surface area (Å²) in [4.78, 5) is 27.8. The van der Waals surface area contributed by atoms with Gasteiger partial charge in [-0.2, -0.15) is 13.2 Å². The van der Waals surface area contributed by atoms with Crippen molar-refractivity contribution in [3.63, 3.8) is 0 Å². The minimum absolute atomic E-state index is 0.0275. The number of carbonyl (C=O) groups is 2. The predicted octanol–water partition coefficient (Wildman–Crippen LogP) is 2.13. The molecule has 2 heterocycles. The summed E-state index contributed by atoms with van der Waals surface area (Å²) in [5, 5.41) is 7.12. The number of aliphatic carboxylic acids is 1. The van der Waals surface area contributed by atoms with Gasteiger partial charge in [-0.1, -0.05) is 0 Å². The summed E-state index contributed by atoms with van der Waals surface area (Å²) in [6, 6.07) is 3.58. The Labute approximate surface area is 165 Å². The first kappa shape index (κ1) is 22.9. The van der Waals surface area contributed by atoms with Gasteiger partial charge in [0.15, 0.2) is 0 Å². The standard InChI is InChI=1S/C16H22N2O4.C2HF3O2/c1-3-21-13-7-6-12-14(13)22-10-9-18(12)16(19)11-5-4-8-17-15(11)20-2;3-2(4,5)1(6)7/h4-5,8,12-14H,3,6-7,9-10H2,1-2H3;(H,6,7)/t12-,13+,14+;/m0./s1. The molecule has 0 bridgehead atoms. The van der Waals surface area contributed by atoms with E-state index in [1.54, 1.807) is 18.3 Å². The van der Waals surface area contributed by atoms with Crippen LogP contribution in [0.3, 0.4) is 0 Å². The number of amides is 1. The van der Waals surface area contributed by atoms with Crippen LogP contribution < -0.4 is 4.74 Å². The number of halogens is 3. The van der Waals surface area contributed by atoms with Crippen molar-refractivity contribution in [1.29, 1.82) is 0 Å². The molecular weight excluding hydrogens is 397 g/mol. The van der Waals surface area contributed by atoms with Gasteiger partial charge < -0.3 is 24.2 Å². The quantitative estimate of drug-likeness (QED) is 0.797. The molecule has 3 rings (SSSR count). The van der Waals surface area contributed by atoms with Crippen LogP contribution in [0.5, 0.6) is 5.88 Å². The van der Waals surface area contributed by atoms with Crippen LogP contribution in [0.25, 0.3) is 0 Å².